The largest absolute Gasteiger partial charge is 0.315 e. The zero-order chi connectivity index (χ0) is 13.9. The molecule has 0 radical (unpaired) electrons. The predicted molar refractivity (Wildman–Crippen MR) is 74.8 cm³/mol. The van der Waals surface area contributed by atoms with E-state index >= 15 is 0 Å². The van der Waals surface area contributed by atoms with Gasteiger partial charge < -0.3 is 5.73 Å². The summed E-state index contributed by atoms with van der Waals surface area (Å²) in [5, 5.41) is 0. The van der Waals surface area contributed by atoms with Crippen molar-refractivity contribution in [1.82, 2.24) is 9.29 Å². The molecule has 106 valence electrons. The fourth-order valence-electron chi connectivity index (χ4n) is 2.39. The highest BCUT2D eigenvalue weighted by Crippen LogP contribution is 2.23. The van der Waals surface area contributed by atoms with E-state index in [1.807, 2.05) is 25.1 Å². The van der Waals surface area contributed by atoms with Crippen LogP contribution in [0, 0.1) is 5.92 Å². The van der Waals surface area contributed by atoms with Crippen molar-refractivity contribution in [1.29, 1.82) is 0 Å². The van der Waals surface area contributed by atoms with E-state index in [0.29, 0.717) is 13.0 Å². The first-order valence-electron chi connectivity index (χ1n) is 6.66. The van der Waals surface area contributed by atoms with Crippen molar-refractivity contribution in [2.75, 3.05) is 12.3 Å². The second-order valence-electron chi connectivity index (χ2n) is 5.11. The number of aryl methyl sites for hydroxylation is 1. The summed E-state index contributed by atoms with van der Waals surface area (Å²) in [6.45, 7) is 2.54. The van der Waals surface area contributed by atoms with Crippen LogP contribution in [-0.2, 0) is 16.4 Å². The second kappa shape index (κ2) is 5.98. The highest BCUT2D eigenvalue weighted by molar-refractivity contribution is 7.89. The van der Waals surface area contributed by atoms with E-state index in [0.717, 1.165) is 18.5 Å². The molecule has 2 heterocycles. The molecule has 1 aliphatic rings. The molecule has 0 spiro atoms. The molecule has 0 saturated carbocycles. The number of rotatable bonds is 4. The van der Waals surface area contributed by atoms with E-state index in [2.05, 4.69) is 4.98 Å². The molecular weight excluding hydrogens is 262 g/mol. The van der Waals surface area contributed by atoms with Crippen LogP contribution in [0.2, 0.25) is 0 Å². The van der Waals surface area contributed by atoms with Gasteiger partial charge in [0.1, 0.15) is 0 Å². The van der Waals surface area contributed by atoms with E-state index in [1.54, 1.807) is 6.20 Å². The van der Waals surface area contributed by atoms with Crippen molar-refractivity contribution >= 4 is 10.0 Å². The van der Waals surface area contributed by atoms with Gasteiger partial charge in [-0.2, -0.15) is 4.31 Å². The summed E-state index contributed by atoms with van der Waals surface area (Å²) in [7, 11) is -3.30. The van der Waals surface area contributed by atoms with Crippen LogP contribution in [0.5, 0.6) is 0 Å². The highest BCUT2D eigenvalue weighted by atomic mass is 32.2. The third-order valence-electron chi connectivity index (χ3n) is 3.65. The summed E-state index contributed by atoms with van der Waals surface area (Å²) >= 11 is 0. The van der Waals surface area contributed by atoms with Gasteiger partial charge in [0.05, 0.1) is 11.9 Å². The van der Waals surface area contributed by atoms with Gasteiger partial charge in [0.25, 0.3) is 0 Å². The highest BCUT2D eigenvalue weighted by Gasteiger charge is 2.33. The van der Waals surface area contributed by atoms with Crippen LogP contribution in [0.15, 0.2) is 24.4 Å². The van der Waals surface area contributed by atoms with Crippen molar-refractivity contribution in [2.45, 2.75) is 32.4 Å². The maximum atomic E-state index is 12.3. The summed E-state index contributed by atoms with van der Waals surface area (Å²) in [5.41, 5.74) is 6.80. The van der Waals surface area contributed by atoms with E-state index in [4.69, 9.17) is 5.73 Å². The van der Waals surface area contributed by atoms with Crippen molar-refractivity contribution < 1.29 is 8.42 Å². The number of hydrogen-bond donors (Lipinski definition) is 1. The third kappa shape index (κ3) is 3.52. The monoisotopic (exact) mass is 283 g/mol. The molecule has 2 atom stereocenters. The molecule has 2 N–H and O–H groups in total. The molecule has 6 heteroatoms. The number of nitrogens with zero attached hydrogens (tertiary/aromatic N) is 2. The average molecular weight is 283 g/mol. The Labute approximate surface area is 114 Å². The molecule has 0 bridgehead atoms. The maximum Gasteiger partial charge on any atom is 0.215 e. The van der Waals surface area contributed by atoms with Gasteiger partial charge >= 0.3 is 0 Å². The van der Waals surface area contributed by atoms with Crippen LogP contribution in [0.4, 0.5) is 0 Å². The Kier molecular flexibility index (Phi) is 4.54. The van der Waals surface area contributed by atoms with Gasteiger partial charge in [-0.25, -0.2) is 8.42 Å². The summed E-state index contributed by atoms with van der Waals surface area (Å²) < 4.78 is 26.1. The minimum atomic E-state index is -3.30. The van der Waals surface area contributed by atoms with Crippen LogP contribution < -0.4 is 5.73 Å². The first-order valence-corrected chi connectivity index (χ1v) is 8.26. The van der Waals surface area contributed by atoms with E-state index < -0.39 is 10.0 Å². The van der Waals surface area contributed by atoms with Crippen LogP contribution in [0.3, 0.4) is 0 Å². The molecule has 1 saturated heterocycles. The fourth-order valence-corrected chi connectivity index (χ4v) is 4.08. The quantitative estimate of drug-likeness (QED) is 0.893. The summed E-state index contributed by atoms with van der Waals surface area (Å²) in [6.07, 6.45) is 3.60. The number of sulfonamides is 1. The number of hydrogen-bond acceptors (Lipinski definition) is 4. The average Bonchev–Trinajstić information content (AvgIpc) is 2.41. The zero-order valence-corrected chi connectivity index (χ0v) is 12.0. The Bertz CT molecular complexity index is 504. The van der Waals surface area contributed by atoms with Crippen molar-refractivity contribution in [3.63, 3.8) is 0 Å². The van der Waals surface area contributed by atoms with E-state index in [1.165, 1.54) is 4.31 Å². The molecular formula is C13H21N3O2S. The van der Waals surface area contributed by atoms with E-state index in [-0.39, 0.29) is 17.8 Å². The third-order valence-corrected chi connectivity index (χ3v) is 5.51. The predicted octanol–water partition coefficient (Wildman–Crippen LogP) is 0.971. The number of aromatic nitrogens is 1. The Morgan fingerprint density at radius 3 is 2.95 bits per heavy atom. The SMILES string of the molecule is CC1CCCN(S(=O)(=O)CCc2ccccn2)C1N. The van der Waals surface area contributed by atoms with Crippen LogP contribution >= 0.6 is 0 Å². The molecule has 1 aliphatic heterocycles. The fraction of sp³-hybridized carbons (Fsp3) is 0.615. The van der Waals surface area contributed by atoms with Gasteiger partial charge in [0.15, 0.2) is 0 Å². The lowest BCUT2D eigenvalue weighted by Gasteiger charge is -2.36. The number of nitrogens with two attached hydrogens (primary N) is 1. The topological polar surface area (TPSA) is 76.3 Å². The zero-order valence-electron chi connectivity index (χ0n) is 11.2. The van der Waals surface area contributed by atoms with Gasteiger partial charge in [-0.05, 0) is 30.9 Å². The normalized spacial score (nSPS) is 25.4. The lowest BCUT2D eigenvalue weighted by Crippen LogP contribution is -2.53. The van der Waals surface area contributed by atoms with Crippen LogP contribution in [0.25, 0.3) is 0 Å². The molecule has 2 unspecified atom stereocenters. The first kappa shape index (κ1) is 14.4. The molecule has 5 nitrogen and oxygen atoms in total. The summed E-state index contributed by atoms with van der Waals surface area (Å²) in [4.78, 5) is 4.15. The summed E-state index contributed by atoms with van der Waals surface area (Å²) in [6, 6.07) is 5.53. The van der Waals surface area contributed by atoms with Gasteiger partial charge in [0, 0.05) is 24.9 Å². The molecule has 1 aromatic rings. The Balaban J connectivity index is 2.02. The van der Waals surface area contributed by atoms with Crippen LogP contribution in [-0.4, -0.2) is 36.2 Å². The lowest BCUT2D eigenvalue weighted by molar-refractivity contribution is 0.192. The van der Waals surface area contributed by atoms with Gasteiger partial charge in [-0.15, -0.1) is 0 Å². The minimum absolute atomic E-state index is 0.0738. The van der Waals surface area contributed by atoms with Crippen molar-refractivity contribution in [2.24, 2.45) is 11.7 Å². The lowest BCUT2D eigenvalue weighted by atomic mass is 9.99. The molecule has 2 rings (SSSR count). The summed E-state index contributed by atoms with van der Waals surface area (Å²) in [5.74, 6) is 0.295. The Morgan fingerprint density at radius 1 is 1.47 bits per heavy atom. The second-order valence-corrected chi connectivity index (χ2v) is 7.15. The van der Waals surface area contributed by atoms with Gasteiger partial charge in [-0.3, -0.25) is 4.98 Å². The molecule has 1 aromatic heterocycles. The smallest absolute Gasteiger partial charge is 0.215 e. The molecule has 0 aromatic carbocycles. The van der Waals surface area contributed by atoms with Gasteiger partial charge in [-0.1, -0.05) is 13.0 Å². The standard InChI is InChI=1S/C13H21N3O2S/c1-11-5-4-9-16(13(11)14)19(17,18)10-7-12-6-2-3-8-15-12/h2-3,6,8,11,13H,4-5,7,9-10,14H2,1H3. The minimum Gasteiger partial charge on any atom is -0.315 e. The molecule has 19 heavy (non-hydrogen) atoms. The first-order chi connectivity index (χ1) is 9.00. The number of piperidine rings is 1. The Hall–Kier alpha value is -0.980. The maximum absolute atomic E-state index is 12.3. The number of pyridine rings is 1. The molecule has 0 aliphatic carbocycles. The molecule has 0 amide bonds. The Morgan fingerprint density at radius 2 is 2.26 bits per heavy atom. The van der Waals surface area contributed by atoms with Crippen LogP contribution in [0.1, 0.15) is 25.5 Å². The van der Waals surface area contributed by atoms with Crippen molar-refractivity contribution in [3.05, 3.63) is 30.1 Å². The van der Waals surface area contributed by atoms with Gasteiger partial charge in [0.2, 0.25) is 10.0 Å². The molecule has 1 fully saturated rings. The van der Waals surface area contributed by atoms with E-state index in [9.17, 15) is 8.42 Å². The van der Waals surface area contributed by atoms with Crippen molar-refractivity contribution in [3.8, 4) is 0 Å².